The maximum Gasteiger partial charge on any atom is 0.306 e. The fourth-order valence-electron chi connectivity index (χ4n) is 6.93. The summed E-state index contributed by atoms with van der Waals surface area (Å²) in [5.41, 5.74) is 0. The summed E-state index contributed by atoms with van der Waals surface area (Å²) in [5, 5.41) is 30.9. The summed E-state index contributed by atoms with van der Waals surface area (Å²) in [4.78, 5) is 25.4. The highest BCUT2D eigenvalue weighted by atomic mass is 32.2. The smallest absolute Gasteiger partial charge is 0.306 e. The molecule has 1 aliphatic rings. The molecule has 4 N–H and O–H groups in total. The van der Waals surface area contributed by atoms with Gasteiger partial charge in [0.05, 0.1) is 6.61 Å². The van der Waals surface area contributed by atoms with E-state index in [0.717, 1.165) is 57.8 Å². The van der Waals surface area contributed by atoms with E-state index >= 15 is 0 Å². The summed E-state index contributed by atoms with van der Waals surface area (Å²) in [6, 6.07) is 0. The van der Waals surface area contributed by atoms with Gasteiger partial charge in [0.1, 0.15) is 36.8 Å². The molecule has 0 amide bonds. The topological polar surface area (TPSA) is 186 Å². The molecule has 0 radical (unpaired) electrons. The lowest BCUT2D eigenvalue weighted by Gasteiger charge is -2.40. The van der Waals surface area contributed by atoms with Gasteiger partial charge in [-0.15, -0.1) is 0 Å². The zero-order valence-corrected chi connectivity index (χ0v) is 40.2. The predicted molar refractivity (Wildman–Crippen MR) is 256 cm³/mol. The van der Waals surface area contributed by atoms with Crippen molar-refractivity contribution in [1.82, 2.24) is 0 Å². The molecule has 12 nitrogen and oxygen atoms in total. The Hall–Kier alpha value is -2.91. The summed E-state index contributed by atoms with van der Waals surface area (Å²) in [5.74, 6) is -2.09. The van der Waals surface area contributed by atoms with Crippen molar-refractivity contribution >= 4 is 22.1 Å². The Morgan fingerprint density at radius 3 is 1.47 bits per heavy atom. The molecule has 1 heterocycles. The molecule has 368 valence electrons. The molecule has 0 saturated carbocycles. The van der Waals surface area contributed by atoms with E-state index in [1.54, 1.807) is 0 Å². The Labute approximate surface area is 387 Å². The fraction of sp³-hybridized carbons (Fsp3) is 0.725. The highest BCUT2D eigenvalue weighted by Gasteiger charge is 2.46. The molecule has 1 rings (SSSR count). The highest BCUT2D eigenvalue weighted by molar-refractivity contribution is 7.85. The van der Waals surface area contributed by atoms with Gasteiger partial charge in [0.15, 0.2) is 12.4 Å². The van der Waals surface area contributed by atoms with Crippen LogP contribution in [0.4, 0.5) is 0 Å². The third-order valence-corrected chi connectivity index (χ3v) is 11.5. The number of carbonyl (C=O) groups is 2. The van der Waals surface area contributed by atoms with Crippen LogP contribution in [0.2, 0.25) is 0 Å². The van der Waals surface area contributed by atoms with Gasteiger partial charge in [-0.1, -0.05) is 157 Å². The first-order chi connectivity index (χ1) is 31.0. The molecule has 1 fully saturated rings. The number of carbonyl (C=O) groups excluding carboxylic acids is 2. The Kier molecular flexibility index (Phi) is 37.3. The SMILES string of the molecule is CCCCC/C=C/C/C=C/C/C=C/C/C=C/CCCCCC(=O)OC[C@H](CO[C@H]1O[C@H](CS(=O)(=O)O)[C@@H](O)C(O)C1O)OC(=O)CCC/C=C/C/C=C/CCCCCCCCCCC. The van der Waals surface area contributed by atoms with Crippen molar-refractivity contribution in [3.8, 4) is 0 Å². The molecule has 0 spiro atoms. The van der Waals surface area contributed by atoms with Crippen molar-refractivity contribution in [3.05, 3.63) is 72.9 Å². The normalized spacial score (nSPS) is 20.2. The van der Waals surface area contributed by atoms with Gasteiger partial charge in [0, 0.05) is 12.8 Å². The average Bonchev–Trinajstić information content (AvgIpc) is 3.26. The molecule has 0 aromatic carbocycles. The third kappa shape index (κ3) is 34.4. The predicted octanol–water partition coefficient (Wildman–Crippen LogP) is 10.7. The zero-order valence-electron chi connectivity index (χ0n) is 39.4. The van der Waals surface area contributed by atoms with E-state index in [-0.39, 0.29) is 19.4 Å². The first kappa shape index (κ1) is 59.1. The van der Waals surface area contributed by atoms with Crippen LogP contribution in [0.25, 0.3) is 0 Å². The van der Waals surface area contributed by atoms with Gasteiger partial charge in [-0.25, -0.2) is 0 Å². The van der Waals surface area contributed by atoms with Crippen LogP contribution in [0.15, 0.2) is 72.9 Å². The Bertz CT molecular complexity index is 1450. The molecule has 64 heavy (non-hydrogen) atoms. The number of unbranched alkanes of at least 4 members (excludes halogenated alkanes) is 16. The molecule has 0 aliphatic carbocycles. The van der Waals surface area contributed by atoms with E-state index < -0.39 is 71.2 Å². The number of allylic oxidation sites excluding steroid dienone is 12. The average molecular weight is 923 g/mol. The van der Waals surface area contributed by atoms with Gasteiger partial charge < -0.3 is 34.3 Å². The maximum absolute atomic E-state index is 12.8. The van der Waals surface area contributed by atoms with Gasteiger partial charge in [-0.2, -0.15) is 8.42 Å². The maximum atomic E-state index is 12.8. The van der Waals surface area contributed by atoms with Gasteiger partial charge in [0.25, 0.3) is 10.1 Å². The standard InChI is InChI=1S/C51H86O12S/c1-3-5-7-9-11-13-15-17-19-21-22-24-25-27-29-31-33-35-37-39-46(52)60-41-44(42-61-51-50(56)49(55)48(54)45(63-51)43-64(57,58)59)62-47(53)40-38-36-34-32-30-28-26-23-20-18-16-14-12-10-8-6-4-2/h11,13,17,19,22,24,26-29,32,34,44-45,48-51,54-56H,3-10,12,14-16,18,20-21,23,25,30-31,33,35-43H2,1-2H3,(H,57,58,59)/b13-11+,19-17+,24-22+,28-26+,29-27+,34-32+/t44-,45-,48-,49?,50?,51+/m1/s1. The second kappa shape index (κ2) is 40.4. The molecular weight excluding hydrogens is 837 g/mol. The third-order valence-electron chi connectivity index (χ3n) is 10.8. The Balaban J connectivity index is 2.47. The Morgan fingerprint density at radius 1 is 0.531 bits per heavy atom. The minimum absolute atomic E-state index is 0.0898. The molecule has 0 aromatic rings. The van der Waals surface area contributed by atoms with Crippen LogP contribution in [-0.2, 0) is 38.7 Å². The molecule has 2 unspecified atom stereocenters. The summed E-state index contributed by atoms with van der Waals surface area (Å²) in [7, 11) is -4.62. The van der Waals surface area contributed by atoms with Crippen molar-refractivity contribution in [2.75, 3.05) is 19.0 Å². The fourth-order valence-corrected chi connectivity index (χ4v) is 7.62. The van der Waals surface area contributed by atoms with Gasteiger partial charge >= 0.3 is 11.9 Å². The van der Waals surface area contributed by atoms with Crippen LogP contribution >= 0.6 is 0 Å². The van der Waals surface area contributed by atoms with Crippen LogP contribution in [-0.4, -0.2) is 96.0 Å². The van der Waals surface area contributed by atoms with Crippen LogP contribution in [0.1, 0.15) is 181 Å². The monoisotopic (exact) mass is 923 g/mol. The zero-order chi connectivity index (χ0) is 46.9. The quantitative estimate of drug-likeness (QED) is 0.0198. The van der Waals surface area contributed by atoms with E-state index in [9.17, 15) is 37.9 Å². The lowest BCUT2D eigenvalue weighted by atomic mass is 10.00. The number of hydrogen-bond acceptors (Lipinski definition) is 11. The number of aliphatic hydroxyl groups excluding tert-OH is 3. The van der Waals surface area contributed by atoms with Crippen LogP contribution in [0, 0.1) is 0 Å². The second-order valence-electron chi connectivity index (χ2n) is 16.8. The number of hydrogen-bond donors (Lipinski definition) is 4. The van der Waals surface area contributed by atoms with Gasteiger partial charge in [-0.3, -0.25) is 14.1 Å². The first-order valence-corrected chi connectivity index (χ1v) is 26.1. The van der Waals surface area contributed by atoms with Crippen LogP contribution < -0.4 is 0 Å². The molecule has 0 aromatic heterocycles. The number of esters is 2. The van der Waals surface area contributed by atoms with E-state index in [4.69, 9.17) is 18.9 Å². The van der Waals surface area contributed by atoms with E-state index in [1.165, 1.54) is 77.0 Å². The van der Waals surface area contributed by atoms with E-state index in [1.807, 2.05) is 6.08 Å². The summed E-state index contributed by atoms with van der Waals surface area (Å²) >= 11 is 0. The molecule has 0 bridgehead atoms. The molecule has 1 saturated heterocycles. The number of rotatable bonds is 40. The molecule has 1 aliphatic heterocycles. The van der Waals surface area contributed by atoms with Gasteiger partial charge in [-0.05, 0) is 83.5 Å². The molecular formula is C51H86O12S. The lowest BCUT2D eigenvalue weighted by Crippen LogP contribution is -2.60. The van der Waals surface area contributed by atoms with Crippen molar-refractivity contribution in [2.24, 2.45) is 0 Å². The summed E-state index contributed by atoms with van der Waals surface area (Å²) in [6.07, 6.45) is 42.3. The minimum Gasteiger partial charge on any atom is -0.462 e. The second-order valence-corrected chi connectivity index (χ2v) is 18.3. The number of ether oxygens (including phenoxy) is 4. The largest absolute Gasteiger partial charge is 0.462 e. The number of aliphatic hydroxyl groups is 3. The van der Waals surface area contributed by atoms with E-state index in [2.05, 4.69) is 80.7 Å². The summed E-state index contributed by atoms with van der Waals surface area (Å²) < 4.78 is 54.1. The first-order valence-electron chi connectivity index (χ1n) is 24.5. The van der Waals surface area contributed by atoms with Crippen molar-refractivity contribution in [1.29, 1.82) is 0 Å². The van der Waals surface area contributed by atoms with Crippen molar-refractivity contribution < 1.29 is 56.8 Å². The molecule has 13 heteroatoms. The summed E-state index contributed by atoms with van der Waals surface area (Å²) in [6.45, 7) is 3.67. The van der Waals surface area contributed by atoms with Crippen molar-refractivity contribution in [2.45, 2.75) is 218 Å². The van der Waals surface area contributed by atoms with Gasteiger partial charge in [0.2, 0.25) is 0 Å². The van der Waals surface area contributed by atoms with E-state index in [0.29, 0.717) is 19.3 Å². The van der Waals surface area contributed by atoms with Crippen molar-refractivity contribution in [3.63, 3.8) is 0 Å². The highest BCUT2D eigenvalue weighted by Crippen LogP contribution is 2.24. The van der Waals surface area contributed by atoms with Crippen LogP contribution in [0.5, 0.6) is 0 Å². The lowest BCUT2D eigenvalue weighted by molar-refractivity contribution is -0.297. The molecule has 6 atom stereocenters. The minimum atomic E-state index is -4.62. The van der Waals surface area contributed by atoms with Crippen LogP contribution in [0.3, 0.4) is 0 Å². The Morgan fingerprint density at radius 2 is 0.953 bits per heavy atom.